The first kappa shape index (κ1) is 21.5. The van der Waals surface area contributed by atoms with Gasteiger partial charge in [-0.15, -0.1) is 11.3 Å². The number of nitrogens with zero attached hydrogens (tertiary/aromatic N) is 5. The summed E-state index contributed by atoms with van der Waals surface area (Å²) >= 11 is 1.45. The van der Waals surface area contributed by atoms with Gasteiger partial charge in [-0.2, -0.15) is 10.2 Å². The molecule has 4 N–H and O–H groups in total. The maximum absolute atomic E-state index is 14.0. The lowest BCUT2D eigenvalue weighted by Crippen LogP contribution is -2.32. The van der Waals surface area contributed by atoms with Crippen molar-refractivity contribution in [2.75, 3.05) is 11.9 Å². The summed E-state index contributed by atoms with van der Waals surface area (Å²) in [6, 6.07) is -0.531. The summed E-state index contributed by atoms with van der Waals surface area (Å²) in [6.07, 6.45) is 6.48. The highest BCUT2D eigenvalue weighted by Gasteiger charge is 2.30. The second kappa shape index (κ2) is 8.89. The van der Waals surface area contributed by atoms with Gasteiger partial charge in [0.1, 0.15) is 18.0 Å². The predicted molar refractivity (Wildman–Crippen MR) is 118 cm³/mol. The largest absolute Gasteiger partial charge is 0.369 e. The van der Waals surface area contributed by atoms with Crippen molar-refractivity contribution >= 4 is 17.0 Å². The molecule has 11 heteroatoms. The van der Waals surface area contributed by atoms with Crippen LogP contribution in [0.25, 0.3) is 5.13 Å². The number of hydrogen-bond acceptors (Lipinski definition) is 8. The molecule has 1 saturated heterocycles. The molecule has 9 nitrogen and oxygen atoms in total. The summed E-state index contributed by atoms with van der Waals surface area (Å²) in [4.78, 5) is 4.62. The van der Waals surface area contributed by atoms with Crippen LogP contribution in [0, 0.1) is 0 Å². The average molecular weight is 462 g/mol. The number of aliphatic hydroxyl groups excluding tert-OH is 1. The topological polar surface area (TPSA) is 116 Å². The minimum atomic E-state index is -1.18. The summed E-state index contributed by atoms with van der Waals surface area (Å²) in [6.45, 7) is -0.0529. The highest BCUT2D eigenvalue weighted by molar-refractivity contribution is 7.12. The molecule has 0 amide bonds. The predicted octanol–water partition coefficient (Wildman–Crippen LogP) is 2.56. The van der Waals surface area contributed by atoms with E-state index in [0.29, 0.717) is 24.2 Å². The molecule has 1 aliphatic heterocycles. The van der Waals surface area contributed by atoms with Crippen LogP contribution in [0.1, 0.15) is 60.7 Å². The van der Waals surface area contributed by atoms with Crippen molar-refractivity contribution in [3.63, 3.8) is 0 Å². The summed E-state index contributed by atoms with van der Waals surface area (Å²) in [5.41, 5.74) is 10.2. The lowest BCUT2D eigenvalue weighted by Gasteiger charge is -2.19. The number of aromatic nitrogens is 5. The SMILES string of the molecule is Cn1ncc(NC(O)c2csc(-n3ncc4c3CCCC4)n2)c1[C@@H]1CC[C@@H](N)[C@H](F)CO1. The second-order valence-corrected chi connectivity index (χ2v) is 9.32. The quantitative estimate of drug-likeness (QED) is 0.500. The zero-order valence-electron chi connectivity index (χ0n) is 17.9. The lowest BCUT2D eigenvalue weighted by molar-refractivity contribution is 0.0246. The van der Waals surface area contributed by atoms with Crippen molar-refractivity contribution in [1.82, 2.24) is 24.5 Å². The van der Waals surface area contributed by atoms with Gasteiger partial charge >= 0.3 is 0 Å². The molecule has 5 rings (SSSR count). The summed E-state index contributed by atoms with van der Waals surface area (Å²) in [5.74, 6) is 0. The van der Waals surface area contributed by atoms with Crippen LogP contribution in [-0.4, -0.2) is 48.5 Å². The smallest absolute Gasteiger partial charge is 0.210 e. The maximum Gasteiger partial charge on any atom is 0.210 e. The molecule has 0 aromatic carbocycles. The van der Waals surface area contributed by atoms with Gasteiger partial charge in [-0.05, 0) is 44.1 Å². The first-order valence-electron chi connectivity index (χ1n) is 11.0. The Kier molecular flexibility index (Phi) is 5.97. The zero-order chi connectivity index (χ0) is 22.2. The van der Waals surface area contributed by atoms with E-state index in [-0.39, 0.29) is 12.7 Å². The van der Waals surface area contributed by atoms with Gasteiger partial charge in [0.15, 0.2) is 6.23 Å². The van der Waals surface area contributed by atoms with Crippen LogP contribution in [0.2, 0.25) is 0 Å². The molecule has 4 atom stereocenters. The van der Waals surface area contributed by atoms with E-state index in [2.05, 4.69) is 20.5 Å². The van der Waals surface area contributed by atoms with Crippen LogP contribution in [0.5, 0.6) is 0 Å². The number of fused-ring (bicyclic) bond motifs is 1. The molecule has 0 saturated carbocycles. The van der Waals surface area contributed by atoms with Crippen molar-refractivity contribution in [1.29, 1.82) is 0 Å². The molecule has 3 aromatic heterocycles. The monoisotopic (exact) mass is 461 g/mol. The first-order valence-corrected chi connectivity index (χ1v) is 11.9. The average Bonchev–Trinajstić information content (AvgIpc) is 3.50. The van der Waals surface area contributed by atoms with Crippen molar-refractivity contribution in [3.05, 3.63) is 40.4 Å². The summed E-state index contributed by atoms with van der Waals surface area (Å²) < 4.78 is 23.3. The fraction of sp³-hybridized carbons (Fsp3) is 0.571. The molecular formula is C21H28FN7O2S. The van der Waals surface area contributed by atoms with Crippen LogP contribution in [-0.2, 0) is 24.6 Å². The molecule has 0 spiro atoms. The number of ether oxygens (including phenoxy) is 1. The summed E-state index contributed by atoms with van der Waals surface area (Å²) in [7, 11) is 1.80. The van der Waals surface area contributed by atoms with E-state index in [9.17, 15) is 9.50 Å². The Morgan fingerprint density at radius 2 is 2.12 bits per heavy atom. The number of rotatable bonds is 5. The fourth-order valence-electron chi connectivity index (χ4n) is 4.47. The number of anilines is 1. The zero-order valence-corrected chi connectivity index (χ0v) is 18.8. The van der Waals surface area contributed by atoms with Crippen molar-refractivity contribution in [2.24, 2.45) is 12.8 Å². The molecule has 1 unspecified atom stereocenters. The van der Waals surface area contributed by atoms with Crippen molar-refractivity contribution in [3.8, 4) is 5.13 Å². The molecule has 0 bridgehead atoms. The van der Waals surface area contributed by atoms with Gasteiger partial charge in [-0.3, -0.25) is 4.68 Å². The fourth-order valence-corrected chi connectivity index (χ4v) is 5.29. The van der Waals surface area contributed by atoms with Gasteiger partial charge < -0.3 is 20.9 Å². The number of nitrogens with one attached hydrogen (secondary N) is 1. The number of thiazole rings is 1. The number of aliphatic hydroxyl groups is 1. The lowest BCUT2D eigenvalue weighted by atomic mass is 9.98. The van der Waals surface area contributed by atoms with E-state index in [4.69, 9.17) is 10.5 Å². The van der Waals surface area contributed by atoms with Gasteiger partial charge in [0.2, 0.25) is 5.13 Å². The third-order valence-corrected chi connectivity index (χ3v) is 7.14. The van der Waals surface area contributed by atoms with Crippen molar-refractivity contribution in [2.45, 2.75) is 63.1 Å². The normalized spacial score (nSPS) is 24.7. The van der Waals surface area contributed by atoms with E-state index in [1.165, 1.54) is 29.0 Å². The molecule has 0 radical (unpaired) electrons. The highest BCUT2D eigenvalue weighted by atomic mass is 32.1. The Hall–Kier alpha value is -2.34. The Morgan fingerprint density at radius 3 is 3.00 bits per heavy atom. The van der Waals surface area contributed by atoms with E-state index in [0.717, 1.165) is 30.1 Å². The van der Waals surface area contributed by atoms with Gasteiger partial charge in [-0.1, -0.05) is 0 Å². The number of hydrogen-bond donors (Lipinski definition) is 3. The minimum absolute atomic E-state index is 0.0529. The molecule has 1 fully saturated rings. The maximum atomic E-state index is 14.0. The second-order valence-electron chi connectivity index (χ2n) is 8.48. The Labute approximate surface area is 189 Å². The number of nitrogens with two attached hydrogens (primary N) is 1. The van der Waals surface area contributed by atoms with E-state index < -0.39 is 18.4 Å². The number of alkyl halides is 1. The van der Waals surface area contributed by atoms with Crippen LogP contribution in [0.15, 0.2) is 17.8 Å². The molecule has 172 valence electrons. The summed E-state index contributed by atoms with van der Waals surface area (Å²) in [5, 5.41) is 25.3. The van der Waals surface area contributed by atoms with Crippen LogP contribution in [0.4, 0.5) is 10.1 Å². The highest BCUT2D eigenvalue weighted by Crippen LogP contribution is 2.34. The molecular weight excluding hydrogens is 433 g/mol. The van der Waals surface area contributed by atoms with Crippen molar-refractivity contribution < 1.29 is 14.2 Å². The Bertz CT molecular complexity index is 1070. The van der Waals surface area contributed by atoms with E-state index in [1.54, 1.807) is 17.9 Å². The molecule has 4 heterocycles. The third kappa shape index (κ3) is 4.05. The number of halogens is 1. The molecule has 32 heavy (non-hydrogen) atoms. The van der Waals surface area contributed by atoms with E-state index in [1.807, 2.05) is 16.3 Å². The van der Waals surface area contributed by atoms with Crippen LogP contribution >= 0.6 is 11.3 Å². The van der Waals surface area contributed by atoms with Crippen LogP contribution < -0.4 is 11.1 Å². The Morgan fingerprint density at radius 1 is 1.28 bits per heavy atom. The molecule has 1 aliphatic carbocycles. The molecule has 3 aromatic rings. The van der Waals surface area contributed by atoms with Gasteiger partial charge in [0.25, 0.3) is 0 Å². The third-order valence-electron chi connectivity index (χ3n) is 6.30. The molecule has 2 aliphatic rings. The van der Waals surface area contributed by atoms with Gasteiger partial charge in [0.05, 0.1) is 36.1 Å². The minimum Gasteiger partial charge on any atom is -0.369 e. The first-order chi connectivity index (χ1) is 15.5. The number of aryl methyl sites for hydroxylation is 2. The van der Waals surface area contributed by atoms with Crippen LogP contribution in [0.3, 0.4) is 0 Å². The standard InChI is InChI=1S/C21H28FN7O2S/c1-28-19(18-7-6-14(23)13(22)10-31-18)15(9-24-28)26-20(30)16-11-32-21(27-16)29-17-5-3-2-4-12(17)8-25-29/h8-9,11,13-14,18,20,26,30H,2-7,10,23H2,1H3/t13-,14-,18+,20?/m1/s1. The van der Waals surface area contributed by atoms with E-state index >= 15 is 0 Å². The van der Waals surface area contributed by atoms with Gasteiger partial charge in [-0.25, -0.2) is 14.1 Å². The van der Waals surface area contributed by atoms with Gasteiger partial charge in [0, 0.05) is 18.5 Å². The Balaban J connectivity index is 1.33.